The molecule has 3 heteroatoms. The zero-order valence-corrected chi connectivity index (χ0v) is 10.3. The van der Waals surface area contributed by atoms with Crippen molar-refractivity contribution in [2.45, 2.75) is 18.9 Å². The molecule has 0 bridgehead atoms. The molecule has 0 aliphatic carbocycles. The molecular formula is C13H17NOS. The summed E-state index contributed by atoms with van der Waals surface area (Å²) in [4.78, 5) is 0. The Kier molecular flexibility index (Phi) is 3.93. The maximum atomic E-state index is 6.07. The van der Waals surface area contributed by atoms with Gasteiger partial charge in [0, 0.05) is 24.5 Å². The van der Waals surface area contributed by atoms with Crippen LogP contribution in [-0.2, 0) is 11.2 Å². The highest BCUT2D eigenvalue weighted by atomic mass is 32.1. The molecule has 1 heterocycles. The van der Waals surface area contributed by atoms with Gasteiger partial charge in [-0.25, -0.2) is 0 Å². The first-order valence-electron chi connectivity index (χ1n) is 5.51. The third kappa shape index (κ3) is 2.61. The third-order valence-electron chi connectivity index (χ3n) is 2.74. The lowest BCUT2D eigenvalue weighted by Crippen LogP contribution is -2.24. The van der Waals surface area contributed by atoms with Crippen molar-refractivity contribution < 1.29 is 4.74 Å². The Hall–Kier alpha value is -0.900. The van der Waals surface area contributed by atoms with Gasteiger partial charge in [0.2, 0.25) is 0 Å². The topological polar surface area (TPSA) is 35.2 Å². The van der Waals surface area contributed by atoms with E-state index in [2.05, 4.69) is 29.6 Å². The van der Waals surface area contributed by atoms with Crippen LogP contribution in [0, 0.1) is 0 Å². The molecule has 2 N–H and O–H groups in total. The number of fused-ring (bicyclic) bond motifs is 1. The molecule has 16 heavy (non-hydrogen) atoms. The van der Waals surface area contributed by atoms with Gasteiger partial charge in [-0.3, -0.25) is 0 Å². The summed E-state index contributed by atoms with van der Waals surface area (Å²) < 4.78 is 6.39. The molecule has 2 aromatic rings. The van der Waals surface area contributed by atoms with Crippen LogP contribution >= 0.6 is 11.3 Å². The van der Waals surface area contributed by atoms with Gasteiger partial charge in [0.25, 0.3) is 0 Å². The van der Waals surface area contributed by atoms with E-state index >= 15 is 0 Å². The first-order valence-corrected chi connectivity index (χ1v) is 6.39. The van der Waals surface area contributed by atoms with Gasteiger partial charge in [-0.05, 0) is 35.2 Å². The number of ether oxygens (including phenoxy) is 1. The van der Waals surface area contributed by atoms with Crippen LogP contribution in [-0.4, -0.2) is 19.8 Å². The molecule has 0 aliphatic rings. The molecule has 0 spiro atoms. The van der Waals surface area contributed by atoms with Crippen LogP contribution in [0.1, 0.15) is 12.0 Å². The van der Waals surface area contributed by atoms with Gasteiger partial charge in [0.1, 0.15) is 0 Å². The van der Waals surface area contributed by atoms with Crippen molar-refractivity contribution >= 4 is 21.4 Å². The maximum absolute atomic E-state index is 6.07. The van der Waals surface area contributed by atoms with Crippen molar-refractivity contribution in [1.82, 2.24) is 0 Å². The number of hydrogen-bond donors (Lipinski definition) is 1. The van der Waals surface area contributed by atoms with Crippen molar-refractivity contribution in [3.63, 3.8) is 0 Å². The van der Waals surface area contributed by atoms with Gasteiger partial charge in [-0.15, -0.1) is 11.3 Å². The smallest absolute Gasteiger partial charge is 0.0477 e. The molecule has 1 aromatic carbocycles. The van der Waals surface area contributed by atoms with E-state index < -0.39 is 0 Å². The predicted octanol–water partition coefficient (Wildman–Crippen LogP) is 2.81. The summed E-state index contributed by atoms with van der Waals surface area (Å²) in [7, 11) is 1.71. The van der Waals surface area contributed by atoms with E-state index in [9.17, 15) is 0 Å². The van der Waals surface area contributed by atoms with Crippen LogP contribution in [0.5, 0.6) is 0 Å². The van der Waals surface area contributed by atoms with Gasteiger partial charge in [0.15, 0.2) is 0 Å². The molecule has 1 atom stereocenters. The zero-order valence-electron chi connectivity index (χ0n) is 9.48. The number of nitrogens with two attached hydrogens (primary N) is 1. The van der Waals surface area contributed by atoms with E-state index in [4.69, 9.17) is 10.5 Å². The monoisotopic (exact) mass is 235 g/mol. The quantitative estimate of drug-likeness (QED) is 0.865. The Bertz CT molecular complexity index is 452. The molecule has 0 aliphatic heterocycles. The van der Waals surface area contributed by atoms with Gasteiger partial charge < -0.3 is 10.5 Å². The second kappa shape index (κ2) is 5.43. The minimum Gasteiger partial charge on any atom is -0.385 e. The maximum Gasteiger partial charge on any atom is 0.0477 e. The largest absolute Gasteiger partial charge is 0.385 e. The average molecular weight is 235 g/mol. The summed E-state index contributed by atoms with van der Waals surface area (Å²) in [5, 5.41) is 3.57. The molecule has 0 fully saturated rings. The highest BCUT2D eigenvalue weighted by Gasteiger charge is 2.08. The highest BCUT2D eigenvalue weighted by Crippen LogP contribution is 2.26. The van der Waals surface area contributed by atoms with Gasteiger partial charge >= 0.3 is 0 Å². The molecule has 0 amide bonds. The van der Waals surface area contributed by atoms with E-state index in [0.29, 0.717) is 0 Å². The van der Waals surface area contributed by atoms with Crippen LogP contribution in [0.25, 0.3) is 10.1 Å². The van der Waals surface area contributed by atoms with Crippen molar-refractivity contribution in [3.05, 3.63) is 35.2 Å². The molecule has 1 unspecified atom stereocenters. The Labute approximate surface area is 100 Å². The summed E-state index contributed by atoms with van der Waals surface area (Å²) >= 11 is 1.79. The first-order chi connectivity index (χ1) is 7.81. The average Bonchev–Trinajstić information content (AvgIpc) is 2.70. The fraction of sp³-hybridized carbons (Fsp3) is 0.385. The highest BCUT2D eigenvalue weighted by molar-refractivity contribution is 7.17. The summed E-state index contributed by atoms with van der Waals surface area (Å²) in [6.07, 6.45) is 1.86. The number of methoxy groups -OCH3 is 1. The molecule has 0 saturated heterocycles. The van der Waals surface area contributed by atoms with E-state index in [1.165, 1.54) is 15.6 Å². The van der Waals surface area contributed by atoms with Gasteiger partial charge in [-0.1, -0.05) is 18.2 Å². The molecule has 2 rings (SSSR count). The Morgan fingerprint density at radius 3 is 3.00 bits per heavy atom. The van der Waals surface area contributed by atoms with Crippen molar-refractivity contribution in [1.29, 1.82) is 0 Å². The number of benzene rings is 1. The van der Waals surface area contributed by atoms with Crippen molar-refractivity contribution in [3.8, 4) is 0 Å². The van der Waals surface area contributed by atoms with E-state index in [1.54, 1.807) is 18.4 Å². The number of thiophene rings is 1. The Balaban J connectivity index is 2.09. The zero-order chi connectivity index (χ0) is 11.4. The lowest BCUT2D eigenvalue weighted by molar-refractivity contribution is 0.188. The molecule has 0 radical (unpaired) electrons. The van der Waals surface area contributed by atoms with Crippen LogP contribution in [0.4, 0.5) is 0 Å². The van der Waals surface area contributed by atoms with Gasteiger partial charge in [0.05, 0.1) is 0 Å². The van der Waals surface area contributed by atoms with Crippen LogP contribution in [0.3, 0.4) is 0 Å². The second-order valence-electron chi connectivity index (χ2n) is 4.00. The third-order valence-corrected chi connectivity index (χ3v) is 3.75. The summed E-state index contributed by atoms with van der Waals surface area (Å²) in [5.41, 5.74) is 7.43. The predicted molar refractivity (Wildman–Crippen MR) is 70.0 cm³/mol. The molecule has 2 nitrogen and oxygen atoms in total. The van der Waals surface area contributed by atoms with Gasteiger partial charge in [-0.2, -0.15) is 0 Å². The minimum atomic E-state index is 0.193. The van der Waals surface area contributed by atoms with Crippen LogP contribution < -0.4 is 5.73 Å². The fourth-order valence-corrected chi connectivity index (χ4v) is 2.82. The van der Waals surface area contributed by atoms with Crippen LogP contribution in [0.15, 0.2) is 29.6 Å². The molecule has 1 aromatic heterocycles. The second-order valence-corrected chi connectivity index (χ2v) is 4.91. The van der Waals surface area contributed by atoms with Crippen LogP contribution in [0.2, 0.25) is 0 Å². The summed E-state index contributed by atoms with van der Waals surface area (Å²) in [6, 6.07) is 8.68. The van der Waals surface area contributed by atoms with Crippen molar-refractivity contribution in [2.75, 3.05) is 13.7 Å². The lowest BCUT2D eigenvalue weighted by atomic mass is 10.0. The summed E-state index contributed by atoms with van der Waals surface area (Å²) in [5.74, 6) is 0. The molecule has 86 valence electrons. The number of rotatable bonds is 5. The standard InChI is InChI=1S/C13H17NOS/c1-15-7-6-11(14)8-10-9-16-13-5-3-2-4-12(10)13/h2-5,9,11H,6-8,14H2,1H3. The van der Waals surface area contributed by atoms with E-state index in [1.807, 2.05) is 0 Å². The minimum absolute atomic E-state index is 0.193. The molecular weight excluding hydrogens is 218 g/mol. The fourth-order valence-electron chi connectivity index (χ4n) is 1.84. The Morgan fingerprint density at radius 1 is 1.38 bits per heavy atom. The number of hydrogen-bond acceptors (Lipinski definition) is 3. The lowest BCUT2D eigenvalue weighted by Gasteiger charge is -2.09. The first kappa shape index (κ1) is 11.6. The van der Waals surface area contributed by atoms with E-state index in [0.717, 1.165) is 19.4 Å². The van der Waals surface area contributed by atoms with E-state index in [-0.39, 0.29) is 6.04 Å². The molecule has 0 saturated carbocycles. The summed E-state index contributed by atoms with van der Waals surface area (Å²) in [6.45, 7) is 0.739. The Morgan fingerprint density at radius 2 is 2.19 bits per heavy atom. The SMILES string of the molecule is COCCC(N)Cc1csc2ccccc12. The normalized spacial score (nSPS) is 13.1. The van der Waals surface area contributed by atoms with Crippen molar-refractivity contribution in [2.24, 2.45) is 5.73 Å².